The maximum atomic E-state index is 12.9. The fourth-order valence-electron chi connectivity index (χ4n) is 2.77. The molecule has 1 heterocycles. The number of hydrogen-bond acceptors (Lipinski definition) is 9. The second-order valence-corrected chi connectivity index (χ2v) is 9.00. The fraction of sp³-hybridized carbons (Fsp3) is 0.850. The van der Waals surface area contributed by atoms with Crippen LogP contribution in [-0.4, -0.2) is 86.0 Å². The number of ether oxygens (including phenoxy) is 6. The standard InChI is InChI=1S/C20H35NO9/c1-12-15(26-9)14(25-8)11-27-10-13(16(22)28-12)21(17(23)29-19(2,3)4)18(24)30-20(5,6)7/h12-15H,10-11H2,1-9H3. The number of carbonyl (C=O) groups is 3. The molecule has 174 valence electrons. The zero-order chi connectivity index (χ0) is 23.3. The number of amides is 2. The topological polar surface area (TPSA) is 110 Å². The average molecular weight is 433 g/mol. The minimum atomic E-state index is -1.41. The van der Waals surface area contributed by atoms with Crippen LogP contribution in [0.2, 0.25) is 0 Å². The largest absolute Gasteiger partial charge is 0.458 e. The predicted molar refractivity (Wildman–Crippen MR) is 106 cm³/mol. The van der Waals surface area contributed by atoms with E-state index in [-0.39, 0.29) is 13.2 Å². The van der Waals surface area contributed by atoms with Crippen molar-refractivity contribution in [3.8, 4) is 0 Å². The molecule has 1 saturated heterocycles. The summed E-state index contributed by atoms with van der Waals surface area (Å²) in [7, 11) is 2.95. The summed E-state index contributed by atoms with van der Waals surface area (Å²) >= 11 is 0. The Bertz CT molecular complexity index is 580. The van der Waals surface area contributed by atoms with E-state index < -0.39 is 53.7 Å². The molecule has 0 N–H and O–H groups in total. The van der Waals surface area contributed by atoms with Gasteiger partial charge < -0.3 is 28.4 Å². The second kappa shape index (κ2) is 10.4. The van der Waals surface area contributed by atoms with Gasteiger partial charge in [-0.3, -0.25) is 0 Å². The smallest absolute Gasteiger partial charge is 0.420 e. The van der Waals surface area contributed by atoms with Gasteiger partial charge in [-0.15, -0.1) is 0 Å². The van der Waals surface area contributed by atoms with Gasteiger partial charge in [0.2, 0.25) is 0 Å². The van der Waals surface area contributed by atoms with Gasteiger partial charge in [0.1, 0.15) is 29.5 Å². The number of carbonyl (C=O) groups excluding carboxylic acids is 3. The Morgan fingerprint density at radius 2 is 1.43 bits per heavy atom. The van der Waals surface area contributed by atoms with Gasteiger partial charge in [0.05, 0.1) is 13.2 Å². The fourth-order valence-corrected chi connectivity index (χ4v) is 2.77. The Labute approximate surface area is 178 Å². The van der Waals surface area contributed by atoms with Gasteiger partial charge in [-0.25, -0.2) is 14.4 Å². The summed E-state index contributed by atoms with van der Waals surface area (Å²) in [6.07, 6.45) is -3.93. The lowest BCUT2D eigenvalue weighted by molar-refractivity contribution is -0.165. The van der Waals surface area contributed by atoms with Crippen LogP contribution in [0.3, 0.4) is 0 Å². The highest BCUT2D eigenvalue weighted by atomic mass is 16.6. The van der Waals surface area contributed by atoms with Crippen molar-refractivity contribution < 1.29 is 42.8 Å². The Kier molecular flexibility index (Phi) is 9.06. The van der Waals surface area contributed by atoms with Gasteiger partial charge in [-0.1, -0.05) is 0 Å². The molecule has 0 radical (unpaired) electrons. The third-order valence-electron chi connectivity index (χ3n) is 4.03. The molecule has 0 aromatic heterocycles. The van der Waals surface area contributed by atoms with Crippen molar-refractivity contribution in [3.63, 3.8) is 0 Å². The van der Waals surface area contributed by atoms with E-state index in [9.17, 15) is 14.4 Å². The Hall–Kier alpha value is -1.91. The molecule has 1 aliphatic rings. The quantitative estimate of drug-likeness (QED) is 0.490. The van der Waals surface area contributed by atoms with Crippen molar-refractivity contribution in [2.75, 3.05) is 27.4 Å². The van der Waals surface area contributed by atoms with Crippen molar-refractivity contribution >= 4 is 18.2 Å². The first kappa shape index (κ1) is 26.1. The van der Waals surface area contributed by atoms with Crippen molar-refractivity contribution in [3.05, 3.63) is 0 Å². The lowest BCUT2D eigenvalue weighted by Gasteiger charge is -2.32. The average Bonchev–Trinajstić information content (AvgIpc) is 2.60. The summed E-state index contributed by atoms with van der Waals surface area (Å²) in [5, 5.41) is 0. The summed E-state index contributed by atoms with van der Waals surface area (Å²) < 4.78 is 32.5. The minimum absolute atomic E-state index is 0.0585. The molecule has 10 heteroatoms. The summed E-state index contributed by atoms with van der Waals surface area (Å²) in [5.41, 5.74) is -1.81. The first-order valence-corrected chi connectivity index (χ1v) is 9.79. The van der Waals surface area contributed by atoms with Gasteiger partial charge in [-0.05, 0) is 48.5 Å². The number of cyclic esters (lactones) is 1. The van der Waals surface area contributed by atoms with Gasteiger partial charge in [0.25, 0.3) is 0 Å². The van der Waals surface area contributed by atoms with Crippen LogP contribution in [0, 0.1) is 0 Å². The normalized spacial score (nSPS) is 26.0. The van der Waals surface area contributed by atoms with Crippen molar-refractivity contribution in [1.29, 1.82) is 0 Å². The first-order chi connectivity index (χ1) is 13.7. The number of nitrogens with zero attached hydrogens (tertiary/aromatic N) is 1. The zero-order valence-electron chi connectivity index (χ0n) is 19.3. The monoisotopic (exact) mass is 433 g/mol. The number of imide groups is 1. The molecule has 4 atom stereocenters. The van der Waals surface area contributed by atoms with Gasteiger partial charge in [-0.2, -0.15) is 4.90 Å². The molecule has 30 heavy (non-hydrogen) atoms. The number of hydrogen-bond donors (Lipinski definition) is 0. The predicted octanol–water partition coefficient (Wildman–Crippen LogP) is 2.52. The Balaban J connectivity index is 3.26. The van der Waals surface area contributed by atoms with Crippen molar-refractivity contribution in [2.24, 2.45) is 0 Å². The maximum absolute atomic E-state index is 12.9. The van der Waals surface area contributed by atoms with Gasteiger partial charge in [0, 0.05) is 14.2 Å². The van der Waals surface area contributed by atoms with Crippen LogP contribution in [0.25, 0.3) is 0 Å². The second-order valence-electron chi connectivity index (χ2n) is 9.00. The van der Waals surface area contributed by atoms with E-state index >= 15 is 0 Å². The molecule has 0 spiro atoms. The minimum Gasteiger partial charge on any atom is -0.458 e. The molecular formula is C20H35NO9. The lowest BCUT2D eigenvalue weighted by atomic mass is 10.1. The van der Waals surface area contributed by atoms with E-state index in [0.29, 0.717) is 4.90 Å². The highest BCUT2D eigenvalue weighted by Crippen LogP contribution is 2.21. The Morgan fingerprint density at radius 1 is 0.933 bits per heavy atom. The van der Waals surface area contributed by atoms with E-state index in [1.807, 2.05) is 0 Å². The van der Waals surface area contributed by atoms with Gasteiger partial charge in [0.15, 0.2) is 6.04 Å². The highest BCUT2D eigenvalue weighted by Gasteiger charge is 2.44. The molecular weight excluding hydrogens is 398 g/mol. The maximum Gasteiger partial charge on any atom is 0.420 e. The molecule has 4 unspecified atom stereocenters. The van der Waals surface area contributed by atoms with Crippen LogP contribution in [-0.2, 0) is 33.2 Å². The molecule has 1 rings (SSSR count). The molecule has 0 aromatic carbocycles. The lowest BCUT2D eigenvalue weighted by Crippen LogP contribution is -2.54. The van der Waals surface area contributed by atoms with Gasteiger partial charge >= 0.3 is 18.2 Å². The molecule has 0 bridgehead atoms. The van der Waals surface area contributed by atoms with E-state index in [0.717, 1.165) is 0 Å². The Morgan fingerprint density at radius 3 is 1.83 bits per heavy atom. The number of rotatable bonds is 3. The summed E-state index contributed by atoms with van der Waals surface area (Å²) in [6.45, 7) is 11.2. The molecule has 2 amide bonds. The van der Waals surface area contributed by atoms with Crippen molar-refractivity contribution in [2.45, 2.75) is 84.0 Å². The van der Waals surface area contributed by atoms with Crippen molar-refractivity contribution in [1.82, 2.24) is 4.90 Å². The highest BCUT2D eigenvalue weighted by molar-refractivity contribution is 5.94. The summed E-state index contributed by atoms with van der Waals surface area (Å²) in [5.74, 6) is -0.849. The van der Waals surface area contributed by atoms with Crippen LogP contribution in [0.1, 0.15) is 48.5 Å². The van der Waals surface area contributed by atoms with E-state index in [2.05, 4.69) is 0 Å². The molecule has 0 aliphatic carbocycles. The van der Waals surface area contributed by atoms with Crippen LogP contribution >= 0.6 is 0 Å². The molecule has 1 fully saturated rings. The molecule has 0 aromatic rings. The van der Waals surface area contributed by atoms with Crippen LogP contribution < -0.4 is 0 Å². The molecule has 0 saturated carbocycles. The SMILES string of the molecule is COC1COCC(N(C(=O)OC(C)(C)C)C(=O)OC(C)(C)C)C(=O)OC(C)C1OC. The van der Waals surface area contributed by atoms with Crippen LogP contribution in [0.5, 0.6) is 0 Å². The van der Waals surface area contributed by atoms with E-state index in [4.69, 9.17) is 28.4 Å². The van der Waals surface area contributed by atoms with E-state index in [1.54, 1.807) is 48.5 Å². The third-order valence-corrected chi connectivity index (χ3v) is 4.03. The number of methoxy groups -OCH3 is 2. The van der Waals surface area contributed by atoms with E-state index in [1.165, 1.54) is 14.2 Å². The first-order valence-electron chi connectivity index (χ1n) is 9.79. The zero-order valence-corrected chi connectivity index (χ0v) is 19.3. The third kappa shape index (κ3) is 7.73. The number of esters is 1. The summed E-state index contributed by atoms with van der Waals surface area (Å²) in [6, 6.07) is -1.41. The molecule has 10 nitrogen and oxygen atoms in total. The molecule has 1 aliphatic heterocycles. The van der Waals surface area contributed by atoms with Crippen LogP contribution in [0.4, 0.5) is 9.59 Å². The summed E-state index contributed by atoms with van der Waals surface area (Å²) in [4.78, 5) is 39.2. The van der Waals surface area contributed by atoms with Crippen LogP contribution in [0.15, 0.2) is 0 Å².